The third-order valence-electron chi connectivity index (χ3n) is 4.89. The van der Waals surface area contributed by atoms with Gasteiger partial charge in [0.05, 0.1) is 5.92 Å². The summed E-state index contributed by atoms with van der Waals surface area (Å²) >= 11 is 0. The number of esters is 1. The van der Waals surface area contributed by atoms with Crippen LogP contribution in [0.25, 0.3) is 0 Å². The Balaban J connectivity index is 2.02. The summed E-state index contributed by atoms with van der Waals surface area (Å²) in [7, 11) is -3.04. The summed E-state index contributed by atoms with van der Waals surface area (Å²) in [4.78, 5) is 13.2. The van der Waals surface area contributed by atoms with E-state index in [0.29, 0.717) is 6.42 Å². The molecule has 1 atom stereocenters. The monoisotopic (exact) mass is 420 g/mol. The molecular formula is C26H29O3P. The Hall–Kier alpha value is -2.64. The Morgan fingerprint density at radius 2 is 1.23 bits per heavy atom. The second kappa shape index (κ2) is 9.45. The first kappa shape index (κ1) is 22.1. The molecule has 0 saturated carbocycles. The largest absolute Gasteiger partial charge is 0.460 e. The van der Waals surface area contributed by atoms with Crippen LogP contribution in [0.15, 0.2) is 91.0 Å². The van der Waals surface area contributed by atoms with E-state index in [9.17, 15) is 9.36 Å². The van der Waals surface area contributed by atoms with E-state index in [1.54, 1.807) is 0 Å². The van der Waals surface area contributed by atoms with Crippen molar-refractivity contribution in [2.45, 2.75) is 32.8 Å². The standard InChI is InChI=1S/C26H29O3P/c1-26(2,3)29-25(27)22(19-21-13-7-4-8-14-21)20-30(28,23-15-9-5-10-16-23)24-17-11-6-12-18-24/h4-18,22H,19-20H2,1-3H3. The third kappa shape index (κ3) is 5.70. The summed E-state index contributed by atoms with van der Waals surface area (Å²) in [5.74, 6) is -0.823. The van der Waals surface area contributed by atoms with Gasteiger partial charge in [0, 0.05) is 16.8 Å². The number of rotatable bonds is 7. The van der Waals surface area contributed by atoms with Crippen LogP contribution in [0.5, 0.6) is 0 Å². The van der Waals surface area contributed by atoms with Crippen molar-refractivity contribution in [2.24, 2.45) is 5.92 Å². The van der Waals surface area contributed by atoms with Gasteiger partial charge in [-0.25, -0.2) is 0 Å². The van der Waals surface area contributed by atoms with Crippen molar-refractivity contribution in [3.05, 3.63) is 96.6 Å². The van der Waals surface area contributed by atoms with Crippen LogP contribution in [0.3, 0.4) is 0 Å². The van der Waals surface area contributed by atoms with E-state index >= 15 is 0 Å². The fourth-order valence-electron chi connectivity index (χ4n) is 3.51. The molecule has 0 heterocycles. The van der Waals surface area contributed by atoms with Gasteiger partial charge in [0.1, 0.15) is 12.7 Å². The normalized spacial score (nSPS) is 12.9. The topological polar surface area (TPSA) is 43.4 Å². The summed E-state index contributed by atoms with van der Waals surface area (Å²) in [6, 6.07) is 28.8. The average molecular weight is 420 g/mol. The fraction of sp³-hybridized carbons (Fsp3) is 0.269. The van der Waals surface area contributed by atoms with Crippen molar-refractivity contribution in [1.82, 2.24) is 0 Å². The molecule has 4 heteroatoms. The Kier molecular flexibility index (Phi) is 6.95. The van der Waals surface area contributed by atoms with E-state index < -0.39 is 18.7 Å². The minimum absolute atomic E-state index is 0.227. The van der Waals surface area contributed by atoms with Crippen LogP contribution in [0, 0.1) is 5.92 Å². The molecule has 3 nitrogen and oxygen atoms in total. The van der Waals surface area contributed by atoms with E-state index in [1.807, 2.05) is 112 Å². The smallest absolute Gasteiger partial charge is 0.310 e. The summed E-state index contributed by atoms with van der Waals surface area (Å²) in [5, 5.41) is 1.52. The Morgan fingerprint density at radius 3 is 1.67 bits per heavy atom. The highest BCUT2D eigenvalue weighted by Crippen LogP contribution is 2.46. The highest BCUT2D eigenvalue weighted by atomic mass is 31.2. The van der Waals surface area contributed by atoms with Gasteiger partial charge in [-0.1, -0.05) is 91.0 Å². The van der Waals surface area contributed by atoms with E-state index in [4.69, 9.17) is 4.74 Å². The lowest BCUT2D eigenvalue weighted by atomic mass is 10.0. The van der Waals surface area contributed by atoms with Gasteiger partial charge in [0.25, 0.3) is 0 Å². The maximum atomic E-state index is 14.5. The molecule has 0 aromatic heterocycles. The van der Waals surface area contributed by atoms with Gasteiger partial charge in [0.15, 0.2) is 0 Å². The highest BCUT2D eigenvalue weighted by Gasteiger charge is 2.35. The van der Waals surface area contributed by atoms with Crippen molar-refractivity contribution in [3.8, 4) is 0 Å². The van der Waals surface area contributed by atoms with E-state index in [0.717, 1.165) is 16.2 Å². The van der Waals surface area contributed by atoms with Crippen molar-refractivity contribution < 1.29 is 14.1 Å². The summed E-state index contributed by atoms with van der Waals surface area (Å²) in [6.45, 7) is 5.58. The van der Waals surface area contributed by atoms with Crippen molar-refractivity contribution in [3.63, 3.8) is 0 Å². The minimum Gasteiger partial charge on any atom is -0.460 e. The van der Waals surface area contributed by atoms with Gasteiger partial charge < -0.3 is 9.30 Å². The van der Waals surface area contributed by atoms with Crippen LogP contribution in [0.1, 0.15) is 26.3 Å². The number of benzene rings is 3. The fourth-order valence-corrected chi connectivity index (χ4v) is 6.44. The molecule has 0 bridgehead atoms. The second-order valence-corrected chi connectivity index (χ2v) is 11.4. The zero-order chi connectivity index (χ0) is 21.6. The SMILES string of the molecule is CC(C)(C)OC(=O)C(Cc1ccccc1)CP(=O)(c1ccccc1)c1ccccc1. The van der Waals surface area contributed by atoms with Gasteiger partial charge >= 0.3 is 5.97 Å². The zero-order valence-electron chi connectivity index (χ0n) is 17.8. The van der Waals surface area contributed by atoms with Crippen LogP contribution < -0.4 is 10.6 Å². The van der Waals surface area contributed by atoms with Crippen molar-refractivity contribution >= 4 is 23.7 Å². The maximum absolute atomic E-state index is 14.5. The third-order valence-corrected chi connectivity index (χ3v) is 8.11. The first-order chi connectivity index (χ1) is 14.3. The Labute approximate surface area is 179 Å². The van der Waals surface area contributed by atoms with Crippen LogP contribution >= 0.6 is 7.14 Å². The lowest BCUT2D eigenvalue weighted by molar-refractivity contribution is -0.159. The Morgan fingerprint density at radius 1 is 0.800 bits per heavy atom. The molecule has 30 heavy (non-hydrogen) atoms. The molecule has 0 radical (unpaired) electrons. The molecule has 1 unspecified atom stereocenters. The molecule has 0 spiro atoms. The highest BCUT2D eigenvalue weighted by molar-refractivity contribution is 7.78. The predicted octanol–water partition coefficient (Wildman–Crippen LogP) is 5.20. The molecule has 0 N–H and O–H groups in total. The molecule has 0 aliphatic heterocycles. The van der Waals surface area contributed by atoms with Gasteiger partial charge in [-0.05, 0) is 32.8 Å². The maximum Gasteiger partial charge on any atom is 0.310 e. The second-order valence-electron chi connectivity index (χ2n) is 8.51. The van der Waals surface area contributed by atoms with Gasteiger partial charge in [-0.15, -0.1) is 0 Å². The minimum atomic E-state index is -3.04. The van der Waals surface area contributed by atoms with Crippen LogP contribution in [-0.2, 0) is 20.5 Å². The number of hydrogen-bond acceptors (Lipinski definition) is 3. The lowest BCUT2D eigenvalue weighted by Crippen LogP contribution is -2.33. The first-order valence-corrected chi connectivity index (χ1v) is 12.1. The van der Waals surface area contributed by atoms with Crippen LogP contribution in [-0.4, -0.2) is 17.7 Å². The van der Waals surface area contributed by atoms with Crippen LogP contribution in [0.4, 0.5) is 0 Å². The average Bonchev–Trinajstić information content (AvgIpc) is 2.74. The molecule has 0 amide bonds. The number of hydrogen-bond donors (Lipinski definition) is 0. The van der Waals surface area contributed by atoms with E-state index in [2.05, 4.69) is 0 Å². The molecule has 0 aliphatic rings. The van der Waals surface area contributed by atoms with Crippen LogP contribution in [0.2, 0.25) is 0 Å². The molecule has 3 rings (SSSR count). The number of ether oxygens (including phenoxy) is 1. The molecule has 3 aromatic carbocycles. The quantitative estimate of drug-likeness (QED) is 0.390. The number of carbonyl (C=O) groups is 1. The van der Waals surface area contributed by atoms with Gasteiger partial charge in [-0.2, -0.15) is 0 Å². The molecule has 3 aromatic rings. The molecule has 156 valence electrons. The molecular weight excluding hydrogens is 391 g/mol. The summed E-state index contributed by atoms with van der Waals surface area (Å²) in [6.07, 6.45) is 0.713. The van der Waals surface area contributed by atoms with E-state index in [-0.39, 0.29) is 12.1 Å². The summed E-state index contributed by atoms with van der Waals surface area (Å²) in [5.41, 5.74) is 0.427. The molecule has 0 saturated heterocycles. The van der Waals surface area contributed by atoms with Crippen molar-refractivity contribution in [1.29, 1.82) is 0 Å². The Bertz CT molecular complexity index is 949. The molecule has 0 fully saturated rings. The summed E-state index contributed by atoms with van der Waals surface area (Å²) < 4.78 is 20.2. The first-order valence-electron chi connectivity index (χ1n) is 10.2. The predicted molar refractivity (Wildman–Crippen MR) is 124 cm³/mol. The molecule has 0 aliphatic carbocycles. The lowest BCUT2D eigenvalue weighted by Gasteiger charge is -2.27. The zero-order valence-corrected chi connectivity index (χ0v) is 18.7. The van der Waals surface area contributed by atoms with Crippen molar-refractivity contribution in [2.75, 3.05) is 6.16 Å². The number of carbonyl (C=O) groups excluding carboxylic acids is 1. The van der Waals surface area contributed by atoms with E-state index in [1.165, 1.54) is 0 Å². The van der Waals surface area contributed by atoms with Gasteiger partial charge in [0.2, 0.25) is 0 Å². The van der Waals surface area contributed by atoms with Gasteiger partial charge in [-0.3, -0.25) is 4.79 Å².